The number of pyridine rings is 1. The summed E-state index contributed by atoms with van der Waals surface area (Å²) in [4.78, 5) is 31.5. The molecule has 2 N–H and O–H groups in total. The zero-order valence-electron chi connectivity index (χ0n) is 17.6. The Morgan fingerprint density at radius 1 is 1.16 bits per heavy atom. The van der Waals surface area contributed by atoms with E-state index in [1.807, 2.05) is 11.9 Å². The van der Waals surface area contributed by atoms with Crippen molar-refractivity contribution in [1.29, 1.82) is 0 Å². The van der Waals surface area contributed by atoms with Crippen LogP contribution < -0.4 is 10.9 Å². The molecule has 0 aromatic carbocycles. The molecule has 2 aliphatic rings. The monoisotopic (exact) mass is 488 g/mol. The average Bonchev–Trinajstić information content (AvgIpc) is 3.11. The second-order valence-electron chi connectivity index (χ2n) is 7.83. The molecule has 2 aromatic heterocycles. The molecular weight excluding hydrogens is 464 g/mol. The van der Waals surface area contributed by atoms with Gasteiger partial charge in [-0.15, -0.1) is 0 Å². The van der Waals surface area contributed by atoms with Crippen LogP contribution in [0, 0.1) is 6.92 Å². The SMILES string of the molecule is Cc1c(C(=O)NN2CCN(C)CC2)oc2c1/C(=N/NC(=O)c1cncc(Br)c1)CCC2. The number of amides is 2. The molecule has 0 unspecified atom stereocenters. The van der Waals surface area contributed by atoms with Gasteiger partial charge in [0.1, 0.15) is 5.76 Å². The molecule has 10 heteroatoms. The van der Waals surface area contributed by atoms with E-state index >= 15 is 0 Å². The van der Waals surface area contributed by atoms with Crippen molar-refractivity contribution >= 4 is 33.5 Å². The number of aryl methyl sites for hydroxylation is 1. The lowest BCUT2D eigenvalue weighted by Crippen LogP contribution is -2.52. The minimum Gasteiger partial charge on any atom is -0.455 e. The van der Waals surface area contributed by atoms with E-state index in [1.54, 1.807) is 12.3 Å². The number of halogens is 1. The first-order valence-corrected chi connectivity index (χ1v) is 11.1. The van der Waals surface area contributed by atoms with Crippen LogP contribution in [-0.4, -0.2) is 65.6 Å². The second-order valence-corrected chi connectivity index (χ2v) is 8.75. The maximum atomic E-state index is 12.8. The Labute approximate surface area is 189 Å². The van der Waals surface area contributed by atoms with Crippen LogP contribution in [0.15, 0.2) is 32.5 Å². The van der Waals surface area contributed by atoms with Gasteiger partial charge < -0.3 is 9.32 Å². The molecule has 164 valence electrons. The number of piperazine rings is 1. The average molecular weight is 489 g/mol. The lowest BCUT2D eigenvalue weighted by Gasteiger charge is -2.32. The first kappa shape index (κ1) is 21.7. The second kappa shape index (κ2) is 9.29. The summed E-state index contributed by atoms with van der Waals surface area (Å²) in [5.74, 6) is 0.452. The van der Waals surface area contributed by atoms with E-state index in [1.165, 1.54) is 6.20 Å². The van der Waals surface area contributed by atoms with Crippen LogP contribution in [0.1, 0.15) is 50.6 Å². The topological polar surface area (TPSA) is 103 Å². The lowest BCUT2D eigenvalue weighted by atomic mass is 9.93. The van der Waals surface area contributed by atoms with Crippen LogP contribution in [0.5, 0.6) is 0 Å². The third-order valence-corrected chi connectivity index (χ3v) is 5.99. The van der Waals surface area contributed by atoms with E-state index in [4.69, 9.17) is 4.42 Å². The smallest absolute Gasteiger partial charge is 0.301 e. The van der Waals surface area contributed by atoms with Gasteiger partial charge in [-0.05, 0) is 48.8 Å². The van der Waals surface area contributed by atoms with Crippen LogP contribution in [0.2, 0.25) is 0 Å². The van der Waals surface area contributed by atoms with Crippen molar-refractivity contribution < 1.29 is 14.0 Å². The highest BCUT2D eigenvalue weighted by Gasteiger charge is 2.29. The molecule has 0 spiro atoms. The summed E-state index contributed by atoms with van der Waals surface area (Å²) in [5.41, 5.74) is 8.25. The van der Waals surface area contributed by atoms with Gasteiger partial charge in [-0.1, -0.05) is 0 Å². The van der Waals surface area contributed by atoms with E-state index in [9.17, 15) is 9.59 Å². The fourth-order valence-corrected chi connectivity index (χ4v) is 4.19. The number of likely N-dealkylation sites (N-methyl/N-ethyl adjacent to an activating group) is 1. The molecule has 2 aromatic rings. The minimum absolute atomic E-state index is 0.250. The minimum atomic E-state index is -0.345. The molecule has 4 rings (SSSR count). The number of nitrogens with zero attached hydrogens (tertiary/aromatic N) is 4. The van der Waals surface area contributed by atoms with Gasteiger partial charge in [-0.3, -0.25) is 20.0 Å². The van der Waals surface area contributed by atoms with Crippen LogP contribution in [-0.2, 0) is 6.42 Å². The molecule has 0 atom stereocenters. The van der Waals surface area contributed by atoms with E-state index in [0.717, 1.165) is 66.1 Å². The molecule has 2 amide bonds. The largest absolute Gasteiger partial charge is 0.455 e. The van der Waals surface area contributed by atoms with Gasteiger partial charge in [0.2, 0.25) is 0 Å². The van der Waals surface area contributed by atoms with Crippen LogP contribution in [0.4, 0.5) is 0 Å². The molecule has 1 aliphatic carbocycles. The highest BCUT2D eigenvalue weighted by atomic mass is 79.9. The number of rotatable bonds is 4. The number of hydrazine groups is 1. The number of fused-ring (bicyclic) bond motifs is 1. The first-order chi connectivity index (χ1) is 14.9. The van der Waals surface area contributed by atoms with E-state index in [0.29, 0.717) is 17.7 Å². The van der Waals surface area contributed by atoms with Gasteiger partial charge in [-0.25, -0.2) is 10.4 Å². The Bertz CT molecular complexity index is 1030. The van der Waals surface area contributed by atoms with Gasteiger partial charge in [0.05, 0.1) is 11.3 Å². The quantitative estimate of drug-likeness (QED) is 0.638. The fraction of sp³-hybridized carbons (Fsp3) is 0.429. The highest BCUT2D eigenvalue weighted by molar-refractivity contribution is 9.10. The van der Waals surface area contributed by atoms with E-state index in [-0.39, 0.29) is 11.8 Å². The molecule has 3 heterocycles. The number of hydrazone groups is 1. The van der Waals surface area contributed by atoms with Gasteiger partial charge >= 0.3 is 5.91 Å². The van der Waals surface area contributed by atoms with Crippen molar-refractivity contribution in [3.8, 4) is 0 Å². The van der Waals surface area contributed by atoms with E-state index in [2.05, 4.69) is 48.8 Å². The summed E-state index contributed by atoms with van der Waals surface area (Å²) in [6, 6.07) is 1.68. The maximum absolute atomic E-state index is 12.8. The maximum Gasteiger partial charge on any atom is 0.301 e. The summed E-state index contributed by atoms with van der Waals surface area (Å²) in [7, 11) is 2.07. The normalized spacial score (nSPS) is 18.6. The molecule has 1 saturated heterocycles. The number of carbonyl (C=O) groups is 2. The Morgan fingerprint density at radius 2 is 1.94 bits per heavy atom. The third kappa shape index (κ3) is 4.86. The van der Waals surface area contributed by atoms with Crippen LogP contribution in [0.25, 0.3) is 0 Å². The lowest BCUT2D eigenvalue weighted by molar-refractivity contribution is 0.0634. The Hall–Kier alpha value is -2.56. The Balaban J connectivity index is 1.50. The highest BCUT2D eigenvalue weighted by Crippen LogP contribution is 2.30. The van der Waals surface area contributed by atoms with Crippen molar-refractivity contribution in [1.82, 2.24) is 25.7 Å². The Kier molecular flexibility index (Phi) is 6.49. The molecule has 1 fully saturated rings. The van der Waals surface area contributed by atoms with E-state index < -0.39 is 0 Å². The predicted molar refractivity (Wildman–Crippen MR) is 119 cm³/mol. The number of carbonyl (C=O) groups excluding carboxylic acids is 2. The summed E-state index contributed by atoms with van der Waals surface area (Å²) >= 11 is 3.31. The molecule has 0 radical (unpaired) electrons. The molecular formula is C21H25BrN6O3. The summed E-state index contributed by atoms with van der Waals surface area (Å²) in [5, 5.41) is 6.28. The zero-order chi connectivity index (χ0) is 22.0. The molecule has 0 bridgehead atoms. The van der Waals surface area contributed by atoms with Gasteiger partial charge in [-0.2, -0.15) is 5.10 Å². The summed E-state index contributed by atoms with van der Waals surface area (Å²) in [6.07, 6.45) is 5.37. The van der Waals surface area contributed by atoms with Crippen molar-refractivity contribution in [2.45, 2.75) is 26.2 Å². The van der Waals surface area contributed by atoms with Crippen molar-refractivity contribution in [2.24, 2.45) is 5.10 Å². The molecule has 1 aliphatic heterocycles. The number of aromatic nitrogens is 1. The number of hydrogen-bond donors (Lipinski definition) is 2. The summed E-state index contributed by atoms with van der Waals surface area (Å²) < 4.78 is 6.66. The van der Waals surface area contributed by atoms with Crippen molar-refractivity contribution in [2.75, 3.05) is 33.2 Å². The predicted octanol–water partition coefficient (Wildman–Crippen LogP) is 2.11. The first-order valence-electron chi connectivity index (χ1n) is 10.3. The summed E-state index contributed by atoms with van der Waals surface area (Å²) in [6.45, 7) is 5.20. The molecule has 31 heavy (non-hydrogen) atoms. The third-order valence-electron chi connectivity index (χ3n) is 5.55. The van der Waals surface area contributed by atoms with Gasteiger partial charge in [0.25, 0.3) is 5.91 Å². The Morgan fingerprint density at radius 3 is 2.68 bits per heavy atom. The zero-order valence-corrected chi connectivity index (χ0v) is 19.2. The number of furan rings is 1. The van der Waals surface area contributed by atoms with Crippen LogP contribution in [0.3, 0.4) is 0 Å². The van der Waals surface area contributed by atoms with Crippen LogP contribution >= 0.6 is 15.9 Å². The number of nitrogens with one attached hydrogen (secondary N) is 2. The van der Waals surface area contributed by atoms with Crippen molar-refractivity contribution in [3.63, 3.8) is 0 Å². The molecule has 9 nitrogen and oxygen atoms in total. The van der Waals surface area contributed by atoms with Gasteiger partial charge in [0, 0.05) is 60.6 Å². The molecule has 0 saturated carbocycles. The van der Waals surface area contributed by atoms with Crippen molar-refractivity contribution in [3.05, 3.63) is 51.1 Å². The van der Waals surface area contributed by atoms with Gasteiger partial charge in [0.15, 0.2) is 5.76 Å². The fourth-order valence-electron chi connectivity index (χ4n) is 3.83. The number of hydrogen-bond acceptors (Lipinski definition) is 7. The standard InChI is InChI=1S/C21H25BrN6O3/c1-13-18-16(24-25-20(29)14-10-15(22)12-23-11-14)4-3-5-17(18)31-19(13)21(30)26-28-8-6-27(2)7-9-28/h10-12H,3-9H2,1-2H3,(H,25,29)(H,26,30)/b24-16+.